The lowest BCUT2D eigenvalue weighted by Gasteiger charge is -2.55. The molecule has 0 saturated carbocycles. The first-order valence-electron chi connectivity index (χ1n) is 15.3. The minimum Gasteiger partial charge on any atom is -0.377 e. The van der Waals surface area contributed by atoms with Crippen LogP contribution in [-0.4, -0.2) is 84.1 Å². The van der Waals surface area contributed by atoms with Crippen molar-refractivity contribution in [2.75, 3.05) is 39.6 Å². The highest BCUT2D eigenvalue weighted by molar-refractivity contribution is 6.99. The molecule has 0 N–H and O–H groups in total. The molecular weight excluding hydrogens is 537 g/mol. The van der Waals surface area contributed by atoms with Crippen molar-refractivity contribution in [2.45, 2.75) is 142 Å². The van der Waals surface area contributed by atoms with Gasteiger partial charge in [-0.25, -0.2) is 0 Å². The average Bonchev–Trinajstić information content (AvgIpc) is 2.74. The van der Waals surface area contributed by atoms with E-state index in [1.807, 2.05) is 0 Å². The third-order valence-electron chi connectivity index (χ3n) is 11.1. The summed E-state index contributed by atoms with van der Waals surface area (Å²) in [6.07, 6.45) is 0.479. The fourth-order valence-electron chi connectivity index (χ4n) is 7.12. The molecule has 0 aliphatic rings. The van der Waals surface area contributed by atoms with Crippen molar-refractivity contribution in [1.82, 2.24) is 0 Å². The number of ether oxygens (including phenoxy) is 4. The van der Waals surface area contributed by atoms with Gasteiger partial charge in [0.15, 0.2) is 0 Å². The molecule has 38 heavy (non-hydrogen) atoms. The first-order valence-corrected chi connectivity index (χ1v) is 29.3. The van der Waals surface area contributed by atoms with Crippen LogP contribution in [0.3, 0.4) is 0 Å². The Bertz CT molecular complexity index is 588. The number of hydrogen-bond donors (Lipinski definition) is 0. The molecule has 0 heterocycles. The summed E-state index contributed by atoms with van der Waals surface area (Å²) >= 11 is 0. The Morgan fingerprint density at radius 2 is 0.632 bits per heavy atom. The van der Waals surface area contributed by atoms with Crippen molar-refractivity contribution in [1.29, 1.82) is 0 Å². The van der Waals surface area contributed by atoms with Gasteiger partial charge < -0.3 is 18.9 Å². The van der Waals surface area contributed by atoms with Gasteiger partial charge in [-0.15, -0.1) is 0 Å². The molecule has 0 fully saturated rings. The van der Waals surface area contributed by atoms with Gasteiger partial charge in [0, 0.05) is 32.3 Å². The van der Waals surface area contributed by atoms with Crippen LogP contribution in [0.15, 0.2) is 0 Å². The summed E-state index contributed by atoms with van der Waals surface area (Å²) < 4.78 is 25.0. The lowest BCUT2D eigenvalue weighted by molar-refractivity contribution is -0.0391. The standard InChI is InChI=1S/C30H70O4Si4/c1-25(29(5,35(7,8)9)36(10,11)12)27(3)33-23-21-31-19-20-32-22-24-34-28(4)26(2)30(6,37(13,14)15)38(16,17)18/h25-28H,19-24H2,1-18H3. The predicted octanol–water partition coefficient (Wildman–Crippen LogP) is 9.05. The van der Waals surface area contributed by atoms with E-state index in [2.05, 4.69) is 120 Å². The van der Waals surface area contributed by atoms with Gasteiger partial charge in [-0.3, -0.25) is 0 Å². The smallest absolute Gasteiger partial charge is 0.0704 e. The Labute approximate surface area is 243 Å². The first kappa shape index (κ1) is 38.7. The lowest BCUT2D eigenvalue weighted by Crippen LogP contribution is -2.58. The number of rotatable bonds is 19. The van der Waals surface area contributed by atoms with Gasteiger partial charge in [0.2, 0.25) is 0 Å². The van der Waals surface area contributed by atoms with Gasteiger partial charge in [0.1, 0.15) is 0 Å². The van der Waals surface area contributed by atoms with E-state index in [4.69, 9.17) is 18.9 Å². The van der Waals surface area contributed by atoms with Crippen molar-refractivity contribution in [3.05, 3.63) is 0 Å². The minimum absolute atomic E-state index is 0.239. The van der Waals surface area contributed by atoms with E-state index in [1.165, 1.54) is 0 Å². The summed E-state index contributed by atoms with van der Waals surface area (Å²) in [6.45, 7) is 48.5. The summed E-state index contributed by atoms with van der Waals surface area (Å²) in [7, 11) is -5.45. The highest BCUT2D eigenvalue weighted by Crippen LogP contribution is 2.54. The summed E-state index contributed by atoms with van der Waals surface area (Å²) in [5.41, 5.74) is 0. The normalized spacial score (nSPS) is 17.8. The van der Waals surface area contributed by atoms with E-state index >= 15 is 0 Å². The average molecular weight is 607 g/mol. The molecule has 0 bridgehead atoms. The fraction of sp³-hybridized carbons (Fsp3) is 1.00. The first-order chi connectivity index (χ1) is 16.9. The van der Waals surface area contributed by atoms with Crippen LogP contribution in [0.5, 0.6) is 0 Å². The second-order valence-corrected chi connectivity index (χ2v) is 39.5. The van der Waals surface area contributed by atoms with Crippen LogP contribution in [0, 0.1) is 11.8 Å². The highest BCUT2D eigenvalue weighted by Gasteiger charge is 2.54. The highest BCUT2D eigenvalue weighted by atomic mass is 28.4. The van der Waals surface area contributed by atoms with Crippen LogP contribution in [0.4, 0.5) is 0 Å². The van der Waals surface area contributed by atoms with Crippen LogP contribution < -0.4 is 0 Å². The Morgan fingerprint density at radius 3 is 0.842 bits per heavy atom. The van der Waals surface area contributed by atoms with Crippen LogP contribution in [0.25, 0.3) is 0 Å². The molecule has 230 valence electrons. The molecule has 4 atom stereocenters. The van der Waals surface area contributed by atoms with Gasteiger partial charge in [-0.1, -0.05) is 106 Å². The molecule has 0 aliphatic carbocycles. The summed E-state index contributed by atoms with van der Waals surface area (Å²) in [5.74, 6) is 1.09. The quantitative estimate of drug-likeness (QED) is 0.109. The number of hydrogen-bond acceptors (Lipinski definition) is 4. The minimum atomic E-state index is -1.36. The van der Waals surface area contributed by atoms with Crippen molar-refractivity contribution in [2.24, 2.45) is 11.8 Å². The van der Waals surface area contributed by atoms with Crippen molar-refractivity contribution in [3.63, 3.8) is 0 Å². The van der Waals surface area contributed by atoms with Gasteiger partial charge in [0.25, 0.3) is 0 Å². The lowest BCUT2D eigenvalue weighted by atomic mass is 10.0. The fourth-order valence-corrected chi connectivity index (χ4v) is 31.5. The molecule has 0 radical (unpaired) electrons. The maximum atomic E-state index is 6.27. The molecule has 0 amide bonds. The van der Waals surface area contributed by atoms with Gasteiger partial charge in [0.05, 0.1) is 51.8 Å². The molecule has 0 spiro atoms. The van der Waals surface area contributed by atoms with Gasteiger partial charge in [-0.05, 0) is 35.0 Å². The maximum Gasteiger partial charge on any atom is 0.0704 e. The Hall–Kier alpha value is 0.708. The molecule has 8 heteroatoms. The largest absolute Gasteiger partial charge is 0.377 e. The zero-order valence-electron chi connectivity index (χ0n) is 29.2. The summed E-state index contributed by atoms with van der Waals surface area (Å²) in [5, 5.41) is 0. The molecular formula is C30H70O4Si4. The van der Waals surface area contributed by atoms with E-state index < -0.39 is 32.3 Å². The SMILES string of the molecule is CC(OCCOCCOCCOC(C)C(C)C(C)([Si](C)(C)C)[Si](C)(C)C)C(C)C(C)([Si](C)(C)C)[Si](C)(C)C. The van der Waals surface area contributed by atoms with Crippen LogP contribution in [0.2, 0.25) is 87.9 Å². The third kappa shape index (κ3) is 9.63. The van der Waals surface area contributed by atoms with Crippen LogP contribution in [0.1, 0.15) is 41.5 Å². The van der Waals surface area contributed by atoms with Crippen LogP contribution in [-0.2, 0) is 18.9 Å². The molecule has 0 rings (SSSR count). The molecule has 0 aromatic heterocycles. The topological polar surface area (TPSA) is 36.9 Å². The van der Waals surface area contributed by atoms with Gasteiger partial charge in [-0.2, -0.15) is 0 Å². The van der Waals surface area contributed by atoms with Crippen molar-refractivity contribution < 1.29 is 18.9 Å². The zero-order chi connectivity index (χ0) is 30.4. The van der Waals surface area contributed by atoms with E-state index in [-0.39, 0.29) is 12.2 Å². The molecule has 0 saturated heterocycles. The summed E-state index contributed by atoms with van der Waals surface area (Å²) in [4.78, 5) is 0. The zero-order valence-corrected chi connectivity index (χ0v) is 33.2. The second kappa shape index (κ2) is 14.7. The maximum absolute atomic E-state index is 6.27. The van der Waals surface area contributed by atoms with Crippen LogP contribution >= 0.6 is 0 Å². The monoisotopic (exact) mass is 606 g/mol. The molecule has 0 aromatic rings. The predicted molar refractivity (Wildman–Crippen MR) is 181 cm³/mol. The Balaban J connectivity index is 4.37. The molecule has 0 aliphatic heterocycles. The third-order valence-corrected chi connectivity index (χ3v) is 34.3. The van der Waals surface area contributed by atoms with Crippen molar-refractivity contribution in [3.8, 4) is 0 Å². The van der Waals surface area contributed by atoms with Crippen molar-refractivity contribution >= 4 is 32.3 Å². The van der Waals surface area contributed by atoms with E-state index in [9.17, 15) is 0 Å². The van der Waals surface area contributed by atoms with Gasteiger partial charge >= 0.3 is 0 Å². The molecule has 4 nitrogen and oxygen atoms in total. The van der Waals surface area contributed by atoms with E-state index in [0.717, 1.165) is 0 Å². The van der Waals surface area contributed by atoms with E-state index in [0.29, 0.717) is 60.8 Å². The molecule has 4 unspecified atom stereocenters. The van der Waals surface area contributed by atoms with E-state index in [1.54, 1.807) is 0 Å². The second-order valence-electron chi connectivity index (χ2n) is 16.4. The Morgan fingerprint density at radius 1 is 0.421 bits per heavy atom. The summed E-state index contributed by atoms with van der Waals surface area (Å²) in [6, 6.07) is 0. The Kier molecular flexibility index (Phi) is 15.0. The molecule has 0 aromatic carbocycles.